The first-order chi connectivity index (χ1) is 13.9. The molecule has 0 aliphatic carbocycles. The lowest BCUT2D eigenvalue weighted by molar-refractivity contribution is 0.00751. The highest BCUT2D eigenvalue weighted by molar-refractivity contribution is 5.92. The normalized spacial score (nSPS) is 13.9. The smallest absolute Gasteiger partial charge is 0.414 e. The molecule has 1 aromatic carbocycles. The van der Waals surface area contributed by atoms with Crippen LogP contribution >= 0.6 is 0 Å². The van der Waals surface area contributed by atoms with Gasteiger partial charge in [0, 0.05) is 19.0 Å². The minimum absolute atomic E-state index is 0.0598. The first kappa shape index (κ1) is 21.7. The molecule has 0 fully saturated rings. The summed E-state index contributed by atoms with van der Waals surface area (Å²) in [6, 6.07) is 5.02. The van der Waals surface area contributed by atoms with Gasteiger partial charge in [-0.1, -0.05) is 6.07 Å². The quantitative estimate of drug-likeness (QED) is 0.682. The molecule has 7 nitrogen and oxygen atoms in total. The van der Waals surface area contributed by atoms with Crippen LogP contribution in [0.5, 0.6) is 0 Å². The Labute approximate surface area is 173 Å². The largest absolute Gasteiger partial charge is 0.462 e. The first-order valence-corrected chi connectivity index (χ1v) is 9.70. The first-order valence-electron chi connectivity index (χ1n) is 9.70. The second-order valence-corrected chi connectivity index (χ2v) is 8.08. The Hall–Kier alpha value is -2.97. The summed E-state index contributed by atoms with van der Waals surface area (Å²) in [5.74, 6) is -4.20. The van der Waals surface area contributed by atoms with Gasteiger partial charge in [-0.25, -0.2) is 14.3 Å². The number of fused-ring (bicyclic) bond motifs is 1. The fourth-order valence-electron chi connectivity index (χ4n) is 3.43. The molecule has 9 heteroatoms. The predicted molar refractivity (Wildman–Crippen MR) is 106 cm³/mol. The molecule has 1 amide bonds. The van der Waals surface area contributed by atoms with Crippen molar-refractivity contribution < 1.29 is 27.8 Å². The average Bonchev–Trinajstić information content (AvgIpc) is 3.24. The average molecular weight is 421 g/mol. The van der Waals surface area contributed by atoms with E-state index in [4.69, 9.17) is 9.47 Å². The van der Waals surface area contributed by atoms with E-state index in [1.54, 1.807) is 45.9 Å². The number of carbonyl (C=O) groups excluding carboxylic acids is 2. The molecule has 1 aromatic heterocycles. The summed E-state index contributed by atoms with van der Waals surface area (Å²) in [6.07, 6.45) is 1.02. The van der Waals surface area contributed by atoms with Crippen molar-refractivity contribution >= 4 is 17.7 Å². The molecule has 2 heterocycles. The van der Waals surface area contributed by atoms with E-state index in [0.29, 0.717) is 36.8 Å². The Morgan fingerprint density at radius 1 is 1.17 bits per heavy atom. The van der Waals surface area contributed by atoms with Crippen molar-refractivity contribution in [2.24, 2.45) is 0 Å². The molecule has 0 unspecified atom stereocenters. The molecule has 0 saturated carbocycles. The van der Waals surface area contributed by atoms with Gasteiger partial charge in [-0.3, -0.25) is 4.90 Å². The van der Waals surface area contributed by atoms with E-state index in [1.165, 1.54) is 4.90 Å². The topological polar surface area (TPSA) is 73.7 Å². The molecule has 0 radical (unpaired) electrons. The van der Waals surface area contributed by atoms with Gasteiger partial charge in [0.2, 0.25) is 0 Å². The van der Waals surface area contributed by atoms with E-state index in [2.05, 4.69) is 5.10 Å². The van der Waals surface area contributed by atoms with Gasteiger partial charge < -0.3 is 9.47 Å². The summed E-state index contributed by atoms with van der Waals surface area (Å²) < 4.78 is 40.4. The molecule has 30 heavy (non-hydrogen) atoms. The van der Waals surface area contributed by atoms with Crippen LogP contribution in [0.25, 0.3) is 5.69 Å². The number of anilines is 1. The van der Waals surface area contributed by atoms with Gasteiger partial charge in [0.1, 0.15) is 16.9 Å². The van der Waals surface area contributed by atoms with Crippen LogP contribution in [0.3, 0.4) is 0 Å². The monoisotopic (exact) mass is 421 g/mol. The highest BCUT2D eigenvalue weighted by Crippen LogP contribution is 2.37. The lowest BCUT2D eigenvalue weighted by Crippen LogP contribution is -2.35. The van der Waals surface area contributed by atoms with Gasteiger partial charge in [-0.05, 0) is 46.2 Å². The van der Waals surface area contributed by atoms with Gasteiger partial charge in [-0.15, -0.1) is 0 Å². The highest BCUT2D eigenvalue weighted by atomic mass is 19.3. The number of esters is 1. The standard InChI is InChI=1S/C21H25F2N3O4/c1-6-29-18(27)14-12-24-26(17(14)21(5,22)23)16-9-7-8-15-13(16)10-11-25(15)19(28)30-20(2,3)4/h7-9,12H,6,10-11H2,1-5H3. The summed E-state index contributed by atoms with van der Waals surface area (Å²) in [6.45, 7) is 8.04. The zero-order valence-corrected chi connectivity index (χ0v) is 17.7. The van der Waals surface area contributed by atoms with Crippen LogP contribution < -0.4 is 4.90 Å². The number of rotatable bonds is 4. The fraction of sp³-hybridized carbons (Fsp3) is 0.476. The van der Waals surface area contributed by atoms with Gasteiger partial charge in [0.05, 0.1) is 24.2 Å². The van der Waals surface area contributed by atoms with Crippen molar-refractivity contribution in [3.05, 3.63) is 41.2 Å². The van der Waals surface area contributed by atoms with Gasteiger partial charge in [0.25, 0.3) is 5.92 Å². The van der Waals surface area contributed by atoms with Crippen LogP contribution in [0, 0.1) is 0 Å². The molecule has 3 rings (SSSR count). The SMILES string of the molecule is CCOC(=O)c1cnn(-c2cccc3c2CCN3C(=O)OC(C)(C)C)c1C(C)(F)F. The third-order valence-corrected chi connectivity index (χ3v) is 4.53. The Kier molecular flexibility index (Phi) is 5.58. The lowest BCUT2D eigenvalue weighted by atomic mass is 10.1. The van der Waals surface area contributed by atoms with Gasteiger partial charge in [0.15, 0.2) is 0 Å². The van der Waals surface area contributed by atoms with E-state index in [-0.39, 0.29) is 12.2 Å². The fourth-order valence-corrected chi connectivity index (χ4v) is 3.43. The number of hydrogen-bond donors (Lipinski definition) is 0. The Morgan fingerprint density at radius 2 is 1.83 bits per heavy atom. The minimum atomic E-state index is -3.34. The number of amides is 1. The Morgan fingerprint density at radius 3 is 2.43 bits per heavy atom. The molecule has 1 aliphatic rings. The van der Waals surface area contributed by atoms with Crippen LogP contribution in [-0.2, 0) is 21.8 Å². The molecule has 0 N–H and O–H groups in total. The van der Waals surface area contributed by atoms with E-state index in [1.807, 2.05) is 0 Å². The summed E-state index contributed by atoms with van der Waals surface area (Å²) in [4.78, 5) is 26.2. The van der Waals surface area contributed by atoms with E-state index >= 15 is 0 Å². The zero-order chi connectivity index (χ0) is 22.3. The predicted octanol–water partition coefficient (Wildman–Crippen LogP) is 4.46. The Balaban J connectivity index is 2.08. The number of ether oxygens (including phenoxy) is 2. The molecule has 0 saturated heterocycles. The zero-order valence-electron chi connectivity index (χ0n) is 17.7. The number of hydrogen-bond acceptors (Lipinski definition) is 5. The van der Waals surface area contributed by atoms with E-state index < -0.39 is 29.3 Å². The Bertz CT molecular complexity index is 974. The molecule has 1 aliphatic heterocycles. The third-order valence-electron chi connectivity index (χ3n) is 4.53. The molecular weight excluding hydrogens is 396 g/mol. The maximum Gasteiger partial charge on any atom is 0.414 e. The van der Waals surface area contributed by atoms with Crippen LogP contribution in [0.15, 0.2) is 24.4 Å². The van der Waals surface area contributed by atoms with Gasteiger partial charge >= 0.3 is 12.1 Å². The summed E-state index contributed by atoms with van der Waals surface area (Å²) in [5.41, 5.74) is 0.123. The molecule has 162 valence electrons. The van der Waals surface area contributed by atoms with E-state index in [9.17, 15) is 18.4 Å². The van der Waals surface area contributed by atoms with Crippen molar-refractivity contribution in [1.29, 1.82) is 0 Å². The second kappa shape index (κ2) is 7.70. The summed E-state index contributed by atoms with van der Waals surface area (Å²) >= 11 is 0. The number of aromatic nitrogens is 2. The van der Waals surface area contributed by atoms with Crippen LogP contribution in [0.2, 0.25) is 0 Å². The maximum atomic E-state index is 14.5. The highest BCUT2D eigenvalue weighted by Gasteiger charge is 2.38. The van der Waals surface area contributed by atoms with Crippen molar-refractivity contribution in [3.63, 3.8) is 0 Å². The molecular formula is C21H25F2N3O4. The number of halogens is 2. The molecule has 0 atom stereocenters. The van der Waals surface area contributed by atoms with Crippen LogP contribution in [0.1, 0.15) is 56.2 Å². The molecule has 0 bridgehead atoms. The van der Waals surface area contributed by atoms with Gasteiger partial charge in [-0.2, -0.15) is 13.9 Å². The maximum absolute atomic E-state index is 14.5. The molecule has 0 spiro atoms. The third kappa shape index (κ3) is 4.15. The summed E-state index contributed by atoms with van der Waals surface area (Å²) in [5, 5.41) is 4.06. The summed E-state index contributed by atoms with van der Waals surface area (Å²) in [7, 11) is 0. The van der Waals surface area contributed by atoms with Crippen molar-refractivity contribution in [2.45, 2.75) is 52.6 Å². The molecule has 2 aromatic rings. The van der Waals surface area contributed by atoms with E-state index in [0.717, 1.165) is 10.9 Å². The number of nitrogens with zero attached hydrogens (tertiary/aromatic N) is 3. The van der Waals surface area contributed by atoms with Crippen molar-refractivity contribution in [2.75, 3.05) is 18.1 Å². The number of alkyl halides is 2. The van der Waals surface area contributed by atoms with Crippen LogP contribution in [-0.4, -0.2) is 40.6 Å². The van der Waals surface area contributed by atoms with Crippen molar-refractivity contribution in [1.82, 2.24) is 9.78 Å². The second-order valence-electron chi connectivity index (χ2n) is 8.08. The minimum Gasteiger partial charge on any atom is -0.462 e. The lowest BCUT2D eigenvalue weighted by Gasteiger charge is -2.25. The number of carbonyl (C=O) groups is 2. The van der Waals surface area contributed by atoms with Crippen LogP contribution in [0.4, 0.5) is 19.3 Å². The number of benzene rings is 1. The van der Waals surface area contributed by atoms with Crippen molar-refractivity contribution in [3.8, 4) is 5.69 Å².